The maximum absolute atomic E-state index is 13.0. The second kappa shape index (κ2) is 7.99. The standard InChI is InChI=1S/C24H24N4O2/c1-4-27-15-25-22-19(18-11-6-5-7-12-18)13-28(23(22)24(27)30)14-20(29)26-21-16(2)9-8-10-17(21)3/h5-13,15H,4,14H2,1-3H3,(H,26,29). The van der Waals surface area contributed by atoms with Gasteiger partial charge in [0.2, 0.25) is 5.91 Å². The summed E-state index contributed by atoms with van der Waals surface area (Å²) in [7, 11) is 0. The van der Waals surface area contributed by atoms with E-state index < -0.39 is 0 Å². The van der Waals surface area contributed by atoms with Crippen molar-refractivity contribution >= 4 is 22.6 Å². The quantitative estimate of drug-likeness (QED) is 0.547. The van der Waals surface area contributed by atoms with Crippen LogP contribution in [0.4, 0.5) is 5.69 Å². The normalized spacial score (nSPS) is 11.0. The predicted octanol–water partition coefficient (Wildman–Crippen LogP) is 4.14. The minimum Gasteiger partial charge on any atom is -0.332 e. The Labute approximate surface area is 174 Å². The molecule has 4 rings (SSSR count). The summed E-state index contributed by atoms with van der Waals surface area (Å²) in [6.45, 7) is 6.37. The van der Waals surface area contributed by atoms with Crippen LogP contribution in [0, 0.1) is 13.8 Å². The summed E-state index contributed by atoms with van der Waals surface area (Å²) in [5.41, 5.74) is 5.51. The van der Waals surface area contributed by atoms with Gasteiger partial charge in [-0.3, -0.25) is 14.2 Å². The molecule has 4 aromatic rings. The highest BCUT2D eigenvalue weighted by Crippen LogP contribution is 2.28. The molecule has 0 fully saturated rings. The van der Waals surface area contributed by atoms with Crippen molar-refractivity contribution in [3.63, 3.8) is 0 Å². The minimum atomic E-state index is -0.185. The highest BCUT2D eigenvalue weighted by molar-refractivity contribution is 5.96. The lowest BCUT2D eigenvalue weighted by Gasteiger charge is -2.12. The van der Waals surface area contributed by atoms with Crippen LogP contribution in [-0.2, 0) is 17.9 Å². The molecule has 152 valence electrons. The molecule has 0 atom stereocenters. The highest BCUT2D eigenvalue weighted by Gasteiger charge is 2.18. The third-order valence-electron chi connectivity index (χ3n) is 5.33. The van der Waals surface area contributed by atoms with Gasteiger partial charge in [0, 0.05) is 24.0 Å². The first-order valence-corrected chi connectivity index (χ1v) is 9.99. The van der Waals surface area contributed by atoms with Crippen molar-refractivity contribution < 1.29 is 4.79 Å². The van der Waals surface area contributed by atoms with Crippen LogP contribution in [0.1, 0.15) is 18.1 Å². The maximum Gasteiger partial charge on any atom is 0.277 e. The molecule has 2 heterocycles. The number of aromatic nitrogens is 3. The van der Waals surface area contributed by atoms with Crippen LogP contribution in [0.2, 0.25) is 0 Å². The summed E-state index contributed by atoms with van der Waals surface area (Å²) >= 11 is 0. The van der Waals surface area contributed by atoms with Gasteiger partial charge in [-0.25, -0.2) is 4.98 Å². The van der Waals surface area contributed by atoms with E-state index in [0.717, 1.165) is 27.9 Å². The van der Waals surface area contributed by atoms with Crippen molar-refractivity contribution in [1.82, 2.24) is 14.1 Å². The lowest BCUT2D eigenvalue weighted by atomic mass is 10.1. The van der Waals surface area contributed by atoms with Crippen LogP contribution in [0.3, 0.4) is 0 Å². The fourth-order valence-electron chi connectivity index (χ4n) is 3.74. The largest absolute Gasteiger partial charge is 0.332 e. The molecule has 6 nitrogen and oxygen atoms in total. The molecule has 30 heavy (non-hydrogen) atoms. The van der Waals surface area contributed by atoms with Crippen molar-refractivity contribution in [1.29, 1.82) is 0 Å². The van der Waals surface area contributed by atoms with E-state index in [1.54, 1.807) is 15.5 Å². The fourth-order valence-corrected chi connectivity index (χ4v) is 3.74. The van der Waals surface area contributed by atoms with Gasteiger partial charge in [-0.05, 0) is 37.5 Å². The topological polar surface area (TPSA) is 68.9 Å². The number of nitrogens with zero attached hydrogens (tertiary/aromatic N) is 3. The summed E-state index contributed by atoms with van der Waals surface area (Å²) in [5.74, 6) is -0.185. The SMILES string of the molecule is CCn1cnc2c(-c3ccccc3)cn(CC(=O)Nc3c(C)cccc3C)c2c1=O. The van der Waals surface area contributed by atoms with Gasteiger partial charge in [0.1, 0.15) is 17.6 Å². The van der Waals surface area contributed by atoms with Gasteiger partial charge in [0.05, 0.1) is 6.33 Å². The first-order chi connectivity index (χ1) is 14.5. The summed E-state index contributed by atoms with van der Waals surface area (Å²) < 4.78 is 3.26. The number of rotatable bonds is 5. The first kappa shape index (κ1) is 19.6. The van der Waals surface area contributed by atoms with Crippen molar-refractivity contribution in [2.75, 3.05) is 5.32 Å². The molecule has 0 saturated heterocycles. The molecule has 0 aliphatic carbocycles. The van der Waals surface area contributed by atoms with Crippen molar-refractivity contribution in [2.24, 2.45) is 0 Å². The smallest absolute Gasteiger partial charge is 0.277 e. The van der Waals surface area contributed by atoms with E-state index in [-0.39, 0.29) is 18.0 Å². The molecule has 0 radical (unpaired) electrons. The molecular formula is C24H24N4O2. The second-order valence-electron chi connectivity index (χ2n) is 7.38. The van der Waals surface area contributed by atoms with Crippen LogP contribution >= 0.6 is 0 Å². The molecule has 2 aromatic carbocycles. The number of carbonyl (C=O) groups excluding carboxylic acids is 1. The van der Waals surface area contributed by atoms with Gasteiger partial charge in [0.15, 0.2) is 0 Å². The van der Waals surface area contributed by atoms with Crippen molar-refractivity contribution in [3.05, 3.63) is 82.5 Å². The molecule has 1 N–H and O–H groups in total. The van der Waals surface area contributed by atoms with Gasteiger partial charge in [0.25, 0.3) is 5.56 Å². The third-order valence-corrected chi connectivity index (χ3v) is 5.33. The number of benzene rings is 2. The average Bonchev–Trinajstić information content (AvgIpc) is 3.11. The van der Waals surface area contributed by atoms with E-state index in [1.807, 2.05) is 75.5 Å². The van der Waals surface area contributed by atoms with E-state index in [1.165, 1.54) is 0 Å². The Hall–Kier alpha value is -3.67. The third kappa shape index (κ3) is 3.52. The molecule has 0 aliphatic rings. The zero-order valence-corrected chi connectivity index (χ0v) is 17.3. The molecule has 0 saturated carbocycles. The number of hydrogen-bond acceptors (Lipinski definition) is 3. The molecule has 0 spiro atoms. The Kier molecular flexibility index (Phi) is 5.23. The number of anilines is 1. The minimum absolute atomic E-state index is 0.0295. The molecule has 6 heteroatoms. The first-order valence-electron chi connectivity index (χ1n) is 9.99. The van der Waals surface area contributed by atoms with Gasteiger partial charge < -0.3 is 9.88 Å². The zero-order chi connectivity index (χ0) is 21.3. The van der Waals surface area contributed by atoms with Gasteiger partial charge in [-0.2, -0.15) is 0 Å². The van der Waals surface area contributed by atoms with E-state index in [0.29, 0.717) is 17.6 Å². The molecule has 0 unspecified atom stereocenters. The Morgan fingerprint density at radius 2 is 1.70 bits per heavy atom. The molecule has 1 amide bonds. The van der Waals surface area contributed by atoms with Crippen LogP contribution in [0.5, 0.6) is 0 Å². The highest BCUT2D eigenvalue weighted by atomic mass is 16.2. The Bertz CT molecular complexity index is 1270. The number of para-hydroxylation sites is 1. The maximum atomic E-state index is 13.0. The lowest BCUT2D eigenvalue weighted by molar-refractivity contribution is -0.116. The average molecular weight is 400 g/mol. The van der Waals surface area contributed by atoms with E-state index in [2.05, 4.69) is 10.3 Å². The lowest BCUT2D eigenvalue weighted by Crippen LogP contribution is -2.24. The number of aryl methyl sites for hydroxylation is 3. The van der Waals surface area contributed by atoms with E-state index in [4.69, 9.17) is 0 Å². The van der Waals surface area contributed by atoms with Gasteiger partial charge in [-0.15, -0.1) is 0 Å². The summed E-state index contributed by atoms with van der Waals surface area (Å²) in [4.78, 5) is 30.5. The molecule has 0 bridgehead atoms. The molecule has 2 aromatic heterocycles. The fraction of sp³-hybridized carbons (Fsp3) is 0.208. The van der Waals surface area contributed by atoms with Crippen molar-refractivity contribution in [2.45, 2.75) is 33.9 Å². The van der Waals surface area contributed by atoms with Crippen LogP contribution in [0.15, 0.2) is 65.8 Å². The zero-order valence-electron chi connectivity index (χ0n) is 17.3. The summed E-state index contributed by atoms with van der Waals surface area (Å²) in [6.07, 6.45) is 3.41. The van der Waals surface area contributed by atoms with Gasteiger partial charge >= 0.3 is 0 Å². The van der Waals surface area contributed by atoms with E-state index >= 15 is 0 Å². The predicted molar refractivity (Wildman–Crippen MR) is 120 cm³/mol. The number of nitrogens with one attached hydrogen (secondary N) is 1. The molecular weight excluding hydrogens is 376 g/mol. The molecule has 0 aliphatic heterocycles. The van der Waals surface area contributed by atoms with Crippen LogP contribution in [-0.4, -0.2) is 20.0 Å². The number of fused-ring (bicyclic) bond motifs is 1. The number of hydrogen-bond donors (Lipinski definition) is 1. The second-order valence-corrected chi connectivity index (χ2v) is 7.38. The van der Waals surface area contributed by atoms with Crippen molar-refractivity contribution in [3.8, 4) is 11.1 Å². The Balaban J connectivity index is 1.78. The van der Waals surface area contributed by atoms with Crippen LogP contribution < -0.4 is 10.9 Å². The van der Waals surface area contributed by atoms with Gasteiger partial charge in [-0.1, -0.05) is 48.5 Å². The van der Waals surface area contributed by atoms with Crippen LogP contribution in [0.25, 0.3) is 22.2 Å². The van der Waals surface area contributed by atoms with E-state index in [9.17, 15) is 9.59 Å². The number of amides is 1. The summed E-state index contributed by atoms with van der Waals surface area (Å²) in [5, 5.41) is 3.00. The summed E-state index contributed by atoms with van der Waals surface area (Å²) in [6, 6.07) is 15.7. The Morgan fingerprint density at radius 1 is 1.00 bits per heavy atom. The number of carbonyl (C=O) groups is 1. The Morgan fingerprint density at radius 3 is 2.37 bits per heavy atom. The monoisotopic (exact) mass is 400 g/mol.